The van der Waals surface area contributed by atoms with Crippen LogP contribution in [0, 0.1) is 0 Å². The van der Waals surface area contributed by atoms with Gasteiger partial charge in [0.1, 0.15) is 0 Å². The van der Waals surface area contributed by atoms with Crippen LogP contribution < -0.4 is 11.1 Å². The van der Waals surface area contributed by atoms with Crippen LogP contribution >= 0.6 is 0 Å². The van der Waals surface area contributed by atoms with E-state index in [9.17, 15) is 0 Å². The fraction of sp³-hybridized carbons (Fsp3) is 0.357. The standard InChI is InChI=1S/C14H19N3O/c1-10(6-8-18-2)17-14-4-3-13(15)12-9-16-7-5-11(12)14/h3-5,7,9-10,17H,6,8,15H2,1-2H3. The first-order valence-electron chi connectivity index (χ1n) is 6.10. The lowest BCUT2D eigenvalue weighted by Crippen LogP contribution is -2.17. The van der Waals surface area contributed by atoms with E-state index in [2.05, 4.69) is 17.2 Å². The monoisotopic (exact) mass is 245 g/mol. The Morgan fingerprint density at radius 2 is 2.17 bits per heavy atom. The van der Waals surface area contributed by atoms with E-state index in [-0.39, 0.29) is 0 Å². The van der Waals surface area contributed by atoms with Crippen molar-refractivity contribution in [2.75, 3.05) is 24.8 Å². The third-order valence-corrected chi connectivity index (χ3v) is 3.01. The van der Waals surface area contributed by atoms with Crippen molar-refractivity contribution in [2.24, 2.45) is 0 Å². The van der Waals surface area contributed by atoms with Crippen LogP contribution in [0.4, 0.5) is 11.4 Å². The van der Waals surface area contributed by atoms with Crippen molar-refractivity contribution >= 4 is 22.1 Å². The molecule has 0 radical (unpaired) electrons. The summed E-state index contributed by atoms with van der Waals surface area (Å²) in [7, 11) is 1.72. The summed E-state index contributed by atoms with van der Waals surface area (Å²) in [5.74, 6) is 0. The van der Waals surface area contributed by atoms with Crippen molar-refractivity contribution in [3.63, 3.8) is 0 Å². The van der Waals surface area contributed by atoms with Crippen molar-refractivity contribution in [2.45, 2.75) is 19.4 Å². The number of hydrogen-bond acceptors (Lipinski definition) is 4. The Balaban J connectivity index is 2.26. The van der Waals surface area contributed by atoms with Crippen molar-refractivity contribution in [3.05, 3.63) is 30.6 Å². The Morgan fingerprint density at radius 3 is 2.94 bits per heavy atom. The summed E-state index contributed by atoms with van der Waals surface area (Å²) in [6.07, 6.45) is 4.55. The topological polar surface area (TPSA) is 60.2 Å². The van der Waals surface area contributed by atoms with Crippen molar-refractivity contribution < 1.29 is 4.74 Å². The maximum Gasteiger partial charge on any atom is 0.0481 e. The van der Waals surface area contributed by atoms with Gasteiger partial charge in [-0.25, -0.2) is 0 Å². The summed E-state index contributed by atoms with van der Waals surface area (Å²) < 4.78 is 5.09. The second-order valence-corrected chi connectivity index (χ2v) is 4.45. The average molecular weight is 245 g/mol. The molecule has 2 aromatic rings. The molecule has 1 atom stereocenters. The first-order chi connectivity index (χ1) is 8.72. The smallest absolute Gasteiger partial charge is 0.0481 e. The normalized spacial score (nSPS) is 12.6. The van der Waals surface area contributed by atoms with E-state index in [1.165, 1.54) is 0 Å². The number of rotatable bonds is 5. The number of nitrogens with two attached hydrogens (primary N) is 1. The highest BCUT2D eigenvalue weighted by atomic mass is 16.5. The van der Waals surface area contributed by atoms with E-state index in [1.54, 1.807) is 19.5 Å². The van der Waals surface area contributed by atoms with Crippen molar-refractivity contribution in [3.8, 4) is 0 Å². The van der Waals surface area contributed by atoms with Crippen LogP contribution in [0.2, 0.25) is 0 Å². The molecule has 4 nitrogen and oxygen atoms in total. The van der Waals surface area contributed by atoms with E-state index in [0.717, 1.165) is 35.2 Å². The number of hydrogen-bond donors (Lipinski definition) is 2. The molecule has 0 saturated heterocycles. The van der Waals surface area contributed by atoms with Gasteiger partial charge < -0.3 is 15.8 Å². The lowest BCUT2D eigenvalue weighted by atomic mass is 10.1. The Labute approximate surface area is 107 Å². The number of aromatic nitrogens is 1. The largest absolute Gasteiger partial charge is 0.398 e. The first kappa shape index (κ1) is 12.6. The van der Waals surface area contributed by atoms with E-state index in [4.69, 9.17) is 10.5 Å². The quantitative estimate of drug-likeness (QED) is 0.795. The molecule has 18 heavy (non-hydrogen) atoms. The van der Waals surface area contributed by atoms with Gasteiger partial charge in [0.2, 0.25) is 0 Å². The van der Waals surface area contributed by atoms with Gasteiger partial charge in [-0.1, -0.05) is 0 Å². The number of benzene rings is 1. The molecule has 1 heterocycles. The molecule has 1 aromatic heterocycles. The molecule has 0 fully saturated rings. The molecule has 0 spiro atoms. The van der Waals surface area contributed by atoms with Gasteiger partial charge in [-0.3, -0.25) is 4.98 Å². The van der Waals surface area contributed by atoms with Crippen LogP contribution in [0.15, 0.2) is 30.6 Å². The van der Waals surface area contributed by atoms with E-state index in [0.29, 0.717) is 6.04 Å². The van der Waals surface area contributed by atoms with Gasteiger partial charge in [-0.05, 0) is 31.5 Å². The maximum absolute atomic E-state index is 5.95. The van der Waals surface area contributed by atoms with Crippen molar-refractivity contribution in [1.29, 1.82) is 0 Å². The van der Waals surface area contributed by atoms with Gasteiger partial charge in [0.25, 0.3) is 0 Å². The number of nitrogen functional groups attached to an aromatic ring is 1. The van der Waals surface area contributed by atoms with E-state index < -0.39 is 0 Å². The van der Waals surface area contributed by atoms with E-state index in [1.807, 2.05) is 18.2 Å². The molecule has 0 bridgehead atoms. The van der Waals surface area contributed by atoms with Gasteiger partial charge in [0.05, 0.1) is 0 Å². The summed E-state index contributed by atoms with van der Waals surface area (Å²) in [4.78, 5) is 4.12. The first-order valence-corrected chi connectivity index (χ1v) is 6.10. The zero-order chi connectivity index (χ0) is 13.0. The molecule has 2 rings (SSSR count). The minimum Gasteiger partial charge on any atom is -0.398 e. The van der Waals surface area contributed by atoms with E-state index >= 15 is 0 Å². The van der Waals surface area contributed by atoms with Crippen LogP contribution in [0.3, 0.4) is 0 Å². The molecular formula is C14H19N3O. The highest BCUT2D eigenvalue weighted by molar-refractivity contribution is 6.00. The number of anilines is 2. The number of methoxy groups -OCH3 is 1. The highest BCUT2D eigenvalue weighted by Gasteiger charge is 2.07. The third kappa shape index (κ3) is 2.71. The molecular weight excluding hydrogens is 226 g/mol. The summed E-state index contributed by atoms with van der Waals surface area (Å²) in [5.41, 5.74) is 7.79. The fourth-order valence-corrected chi connectivity index (χ4v) is 1.97. The van der Waals surface area contributed by atoms with Gasteiger partial charge in [-0.15, -0.1) is 0 Å². The maximum atomic E-state index is 5.95. The van der Waals surface area contributed by atoms with Gasteiger partial charge in [0.15, 0.2) is 0 Å². The number of ether oxygens (including phenoxy) is 1. The van der Waals surface area contributed by atoms with Crippen LogP contribution in [-0.2, 0) is 4.74 Å². The fourth-order valence-electron chi connectivity index (χ4n) is 1.97. The molecule has 0 saturated carbocycles. The van der Waals surface area contributed by atoms with Crippen LogP contribution in [0.5, 0.6) is 0 Å². The number of fused-ring (bicyclic) bond motifs is 1. The molecule has 0 aliphatic rings. The minimum absolute atomic E-state index is 0.352. The lowest BCUT2D eigenvalue weighted by Gasteiger charge is -2.17. The predicted molar refractivity (Wildman–Crippen MR) is 75.7 cm³/mol. The zero-order valence-corrected chi connectivity index (χ0v) is 10.8. The molecule has 96 valence electrons. The Hall–Kier alpha value is -1.81. The molecule has 0 amide bonds. The third-order valence-electron chi connectivity index (χ3n) is 3.01. The lowest BCUT2D eigenvalue weighted by molar-refractivity contribution is 0.191. The molecule has 1 aromatic carbocycles. The van der Waals surface area contributed by atoms with Gasteiger partial charge in [-0.2, -0.15) is 0 Å². The highest BCUT2D eigenvalue weighted by Crippen LogP contribution is 2.28. The zero-order valence-electron chi connectivity index (χ0n) is 10.8. The summed E-state index contributed by atoms with van der Waals surface area (Å²) in [5, 5.41) is 5.58. The second-order valence-electron chi connectivity index (χ2n) is 4.45. The van der Waals surface area contributed by atoms with Crippen molar-refractivity contribution in [1.82, 2.24) is 4.98 Å². The summed E-state index contributed by atoms with van der Waals surface area (Å²) >= 11 is 0. The molecule has 3 N–H and O–H groups in total. The number of pyridine rings is 1. The Bertz CT molecular complexity index is 527. The Morgan fingerprint density at radius 1 is 1.33 bits per heavy atom. The SMILES string of the molecule is COCCC(C)Nc1ccc(N)c2cnccc12. The number of nitrogens with zero attached hydrogens (tertiary/aromatic N) is 1. The second kappa shape index (κ2) is 5.69. The minimum atomic E-state index is 0.352. The molecule has 0 aliphatic heterocycles. The average Bonchev–Trinajstić information content (AvgIpc) is 2.40. The molecule has 1 unspecified atom stereocenters. The molecule has 4 heteroatoms. The Kier molecular flexibility index (Phi) is 3.99. The number of nitrogens with one attached hydrogen (secondary N) is 1. The summed E-state index contributed by atoms with van der Waals surface area (Å²) in [6, 6.07) is 6.26. The molecule has 0 aliphatic carbocycles. The summed E-state index contributed by atoms with van der Waals surface area (Å²) in [6.45, 7) is 2.89. The van der Waals surface area contributed by atoms with Gasteiger partial charge >= 0.3 is 0 Å². The van der Waals surface area contributed by atoms with Crippen LogP contribution in [0.25, 0.3) is 10.8 Å². The van der Waals surface area contributed by atoms with Crippen LogP contribution in [-0.4, -0.2) is 24.7 Å². The van der Waals surface area contributed by atoms with Crippen LogP contribution in [0.1, 0.15) is 13.3 Å². The predicted octanol–water partition coefficient (Wildman–Crippen LogP) is 2.65. The van der Waals surface area contributed by atoms with Gasteiger partial charge in [0, 0.05) is 54.3 Å².